The van der Waals surface area contributed by atoms with Crippen LogP contribution in [0.25, 0.3) is 16.9 Å². The molecule has 0 radical (unpaired) electrons. The molecule has 0 N–H and O–H groups in total. The third kappa shape index (κ3) is 7.09. The Kier molecular flexibility index (Phi) is 9.23. The predicted molar refractivity (Wildman–Crippen MR) is 156 cm³/mol. The Morgan fingerprint density at radius 2 is 1.54 bits per heavy atom. The summed E-state index contributed by atoms with van der Waals surface area (Å²) < 4.78 is 42.7. The Balaban J connectivity index is 1.56. The fraction of sp³-hybridized carbons (Fsp3) is 0.161. The first-order valence-corrected chi connectivity index (χ1v) is 14.5. The van der Waals surface area contributed by atoms with Crippen molar-refractivity contribution in [1.29, 1.82) is 0 Å². The second kappa shape index (κ2) is 13.4. The summed E-state index contributed by atoms with van der Waals surface area (Å²) in [5.41, 5.74) is 4.76. The molecule has 0 unspecified atom stereocenters. The SMILES string of the molecule is C=CCOP(=O)(OCC=C)OCOc1c(Cc2ccco2)nc2c(Cc3ccccc3)nc(-c3ccccc3)cn12. The number of phosphoric acid groups is 1. The first kappa shape index (κ1) is 28.3. The zero-order chi connectivity index (χ0) is 28.5. The van der Waals surface area contributed by atoms with Crippen LogP contribution in [-0.4, -0.2) is 34.4 Å². The van der Waals surface area contributed by atoms with Gasteiger partial charge in [0.1, 0.15) is 11.5 Å². The van der Waals surface area contributed by atoms with Gasteiger partial charge < -0.3 is 9.15 Å². The summed E-state index contributed by atoms with van der Waals surface area (Å²) in [7, 11) is -3.94. The van der Waals surface area contributed by atoms with E-state index in [0.717, 1.165) is 22.5 Å². The largest absolute Gasteiger partial charge is 0.478 e. The van der Waals surface area contributed by atoms with Gasteiger partial charge in [-0.15, -0.1) is 13.2 Å². The average Bonchev–Trinajstić information content (AvgIpc) is 3.64. The van der Waals surface area contributed by atoms with Crippen molar-refractivity contribution in [1.82, 2.24) is 14.4 Å². The lowest BCUT2D eigenvalue weighted by Crippen LogP contribution is -2.09. The van der Waals surface area contributed by atoms with E-state index in [1.807, 2.05) is 71.3 Å². The van der Waals surface area contributed by atoms with Crippen LogP contribution in [0, 0.1) is 0 Å². The molecular weight excluding hydrogens is 541 g/mol. The summed E-state index contributed by atoms with van der Waals surface area (Å²) in [6, 6.07) is 23.6. The van der Waals surface area contributed by atoms with E-state index in [1.165, 1.54) is 12.2 Å². The minimum Gasteiger partial charge on any atom is -0.469 e. The zero-order valence-corrected chi connectivity index (χ0v) is 23.3. The van der Waals surface area contributed by atoms with Crippen molar-refractivity contribution in [3.05, 3.63) is 133 Å². The van der Waals surface area contributed by atoms with Crippen molar-refractivity contribution >= 4 is 13.5 Å². The van der Waals surface area contributed by atoms with Gasteiger partial charge >= 0.3 is 7.82 Å². The minimum absolute atomic E-state index is 0.0251. The van der Waals surface area contributed by atoms with Crippen LogP contribution in [0.1, 0.15) is 22.7 Å². The second-order valence-corrected chi connectivity index (χ2v) is 10.6. The molecule has 0 saturated carbocycles. The van der Waals surface area contributed by atoms with E-state index in [2.05, 4.69) is 25.3 Å². The molecule has 3 aromatic heterocycles. The lowest BCUT2D eigenvalue weighted by atomic mass is 10.1. The summed E-state index contributed by atoms with van der Waals surface area (Å²) in [4.78, 5) is 9.94. The van der Waals surface area contributed by atoms with Gasteiger partial charge in [0.15, 0.2) is 5.65 Å². The lowest BCUT2D eigenvalue weighted by Gasteiger charge is -2.17. The highest BCUT2D eigenvalue weighted by molar-refractivity contribution is 7.48. The average molecular weight is 572 g/mol. The highest BCUT2D eigenvalue weighted by Gasteiger charge is 2.27. The molecule has 10 heteroatoms. The number of imidazole rings is 1. The van der Waals surface area contributed by atoms with Crippen molar-refractivity contribution in [2.45, 2.75) is 12.8 Å². The van der Waals surface area contributed by atoms with E-state index in [-0.39, 0.29) is 13.2 Å². The van der Waals surface area contributed by atoms with Gasteiger partial charge in [-0.05, 0) is 17.7 Å². The van der Waals surface area contributed by atoms with Gasteiger partial charge in [-0.2, -0.15) is 0 Å². The summed E-state index contributed by atoms with van der Waals surface area (Å²) in [5, 5.41) is 0. The number of aromatic nitrogens is 3. The van der Waals surface area contributed by atoms with Gasteiger partial charge in [0.25, 0.3) is 0 Å². The zero-order valence-electron chi connectivity index (χ0n) is 22.4. The summed E-state index contributed by atoms with van der Waals surface area (Å²) >= 11 is 0. The third-order valence-corrected chi connectivity index (χ3v) is 7.37. The monoisotopic (exact) mass is 571 g/mol. The maximum Gasteiger partial charge on any atom is 0.478 e. The van der Waals surface area contributed by atoms with E-state index in [9.17, 15) is 4.57 Å². The maximum absolute atomic E-state index is 13.1. The molecule has 0 fully saturated rings. The molecule has 0 atom stereocenters. The Bertz CT molecular complexity index is 1620. The summed E-state index contributed by atoms with van der Waals surface area (Å²) in [6.45, 7) is 6.69. The first-order valence-electron chi connectivity index (χ1n) is 13.0. The Morgan fingerprint density at radius 1 is 0.829 bits per heavy atom. The van der Waals surface area contributed by atoms with Crippen molar-refractivity contribution in [2.75, 3.05) is 20.0 Å². The molecule has 5 rings (SSSR count). The number of hydrogen-bond acceptors (Lipinski definition) is 8. The van der Waals surface area contributed by atoms with E-state index >= 15 is 0 Å². The highest BCUT2D eigenvalue weighted by atomic mass is 31.2. The Hall–Kier alpha value is -4.27. The maximum atomic E-state index is 13.1. The number of rotatable bonds is 15. The molecule has 0 aliphatic heterocycles. The van der Waals surface area contributed by atoms with Gasteiger partial charge in [0.05, 0.1) is 37.3 Å². The molecule has 5 aromatic rings. The number of hydrogen-bond donors (Lipinski definition) is 0. The molecule has 9 nitrogen and oxygen atoms in total. The second-order valence-electron chi connectivity index (χ2n) is 8.92. The predicted octanol–water partition coefficient (Wildman–Crippen LogP) is 7.04. The van der Waals surface area contributed by atoms with Gasteiger partial charge in [-0.1, -0.05) is 72.8 Å². The van der Waals surface area contributed by atoms with Crippen LogP contribution >= 0.6 is 7.82 Å². The normalized spacial score (nSPS) is 11.5. The molecule has 0 spiro atoms. The van der Waals surface area contributed by atoms with Crippen LogP contribution in [0.4, 0.5) is 0 Å². The van der Waals surface area contributed by atoms with Gasteiger partial charge in [0, 0.05) is 18.2 Å². The van der Waals surface area contributed by atoms with Crippen LogP contribution in [-0.2, 0) is 31.0 Å². The van der Waals surface area contributed by atoms with E-state index < -0.39 is 14.6 Å². The topological polar surface area (TPSA) is 97.3 Å². The molecule has 0 aliphatic rings. The number of nitrogens with zero attached hydrogens (tertiary/aromatic N) is 3. The number of ether oxygens (including phenoxy) is 1. The van der Waals surface area contributed by atoms with Crippen molar-refractivity contribution < 1.29 is 27.3 Å². The molecule has 2 aromatic carbocycles. The van der Waals surface area contributed by atoms with E-state index in [4.69, 9.17) is 32.7 Å². The van der Waals surface area contributed by atoms with Crippen LogP contribution in [0.15, 0.2) is 115 Å². The van der Waals surface area contributed by atoms with Crippen LogP contribution in [0.2, 0.25) is 0 Å². The van der Waals surface area contributed by atoms with Gasteiger partial charge in [-0.3, -0.25) is 13.4 Å². The van der Waals surface area contributed by atoms with Crippen LogP contribution < -0.4 is 4.74 Å². The molecule has 0 aliphatic carbocycles. The smallest absolute Gasteiger partial charge is 0.469 e. The Labute approximate surface area is 238 Å². The van der Waals surface area contributed by atoms with Gasteiger partial charge in [0.2, 0.25) is 12.7 Å². The molecule has 3 heterocycles. The van der Waals surface area contributed by atoms with Crippen molar-refractivity contribution in [2.24, 2.45) is 0 Å². The van der Waals surface area contributed by atoms with Crippen LogP contribution in [0.5, 0.6) is 5.88 Å². The standard InChI is InChI=1S/C31H30N3O6P/c1-3-17-38-41(35,39-18-4-2)40-23-37-31-28(21-26-16-11-19-36-26)33-30-27(20-24-12-7-5-8-13-24)32-29(22-34(30)31)25-14-9-6-10-15-25/h3-16,19,22H,1-2,17-18,20-21,23H2. The number of fused-ring (bicyclic) bond motifs is 1. The number of phosphoric ester groups is 1. The van der Waals surface area contributed by atoms with Crippen molar-refractivity contribution in [3.63, 3.8) is 0 Å². The van der Waals surface area contributed by atoms with E-state index in [0.29, 0.717) is 35.8 Å². The fourth-order valence-corrected chi connectivity index (χ4v) is 5.16. The highest BCUT2D eigenvalue weighted by Crippen LogP contribution is 2.49. The molecule has 0 bridgehead atoms. The van der Waals surface area contributed by atoms with Crippen molar-refractivity contribution in [3.8, 4) is 17.1 Å². The summed E-state index contributed by atoms with van der Waals surface area (Å²) in [6.07, 6.45) is 7.29. The quantitative estimate of drug-likeness (QED) is 0.0750. The van der Waals surface area contributed by atoms with Gasteiger partial charge in [-0.25, -0.2) is 19.1 Å². The third-order valence-electron chi connectivity index (χ3n) is 6.01. The molecule has 210 valence electrons. The Morgan fingerprint density at radius 3 is 2.20 bits per heavy atom. The lowest BCUT2D eigenvalue weighted by molar-refractivity contribution is 0.0544. The molecule has 0 amide bonds. The molecule has 41 heavy (non-hydrogen) atoms. The fourth-order valence-electron chi connectivity index (χ4n) is 4.18. The minimum atomic E-state index is -3.94. The summed E-state index contributed by atoms with van der Waals surface area (Å²) in [5.74, 6) is 1.10. The number of furan rings is 1. The molecule has 0 saturated heterocycles. The molecular formula is C31H30N3O6P. The number of benzene rings is 2. The first-order chi connectivity index (χ1) is 20.1. The van der Waals surface area contributed by atoms with E-state index in [1.54, 1.807) is 6.26 Å². The van der Waals surface area contributed by atoms with Crippen LogP contribution in [0.3, 0.4) is 0 Å².